The summed E-state index contributed by atoms with van der Waals surface area (Å²) < 4.78 is 12.8. The van der Waals surface area contributed by atoms with Crippen LogP contribution in [0.5, 0.6) is 11.5 Å². The first-order valence-corrected chi connectivity index (χ1v) is 7.13. The number of ether oxygens (including phenoxy) is 2. The van der Waals surface area contributed by atoms with Gasteiger partial charge in [-0.15, -0.1) is 5.10 Å². The number of aromatic nitrogens is 5. The lowest BCUT2D eigenvalue weighted by Crippen LogP contribution is -2.00. The van der Waals surface area contributed by atoms with Gasteiger partial charge in [0.05, 0.1) is 24.9 Å². The minimum Gasteiger partial charge on any atom is -0.493 e. The molecule has 2 aromatic heterocycles. The largest absolute Gasteiger partial charge is 0.493 e. The lowest BCUT2D eigenvalue weighted by atomic mass is 10.1. The summed E-state index contributed by atoms with van der Waals surface area (Å²) >= 11 is 3.29. The Balaban J connectivity index is 1.95. The number of hydrogen-bond acceptors (Lipinski definition) is 6. The van der Waals surface area contributed by atoms with Gasteiger partial charge in [0, 0.05) is 18.0 Å². The van der Waals surface area contributed by atoms with Crippen molar-refractivity contribution in [2.75, 3.05) is 14.2 Å². The van der Waals surface area contributed by atoms with Gasteiger partial charge >= 0.3 is 0 Å². The number of hydrogen-bond donors (Lipinski definition) is 0. The first kappa shape index (κ1) is 14.5. The molecule has 3 rings (SSSR count). The van der Waals surface area contributed by atoms with E-state index in [0.717, 1.165) is 10.0 Å². The van der Waals surface area contributed by atoms with Crippen molar-refractivity contribution in [1.29, 1.82) is 0 Å². The summed E-state index contributed by atoms with van der Waals surface area (Å²) in [7, 11) is 3.19. The standard InChI is InChI=1S/C14H12BrN5O2/c1-21-12-4-3-9(5-13(12)22-2)11-8-20(19-18-11)14-16-6-10(15)7-17-14/h3-8H,1-2H3. The zero-order chi connectivity index (χ0) is 15.5. The summed E-state index contributed by atoms with van der Waals surface area (Å²) in [4.78, 5) is 8.35. The zero-order valence-corrected chi connectivity index (χ0v) is 13.5. The Morgan fingerprint density at radius 1 is 1.05 bits per heavy atom. The van der Waals surface area contributed by atoms with E-state index in [9.17, 15) is 0 Å². The highest BCUT2D eigenvalue weighted by molar-refractivity contribution is 9.10. The van der Waals surface area contributed by atoms with Crippen molar-refractivity contribution >= 4 is 15.9 Å². The molecule has 0 atom stereocenters. The molecule has 2 heterocycles. The SMILES string of the molecule is COc1ccc(-c2cn(-c3ncc(Br)cn3)nn2)cc1OC. The molecule has 8 heteroatoms. The third kappa shape index (κ3) is 2.77. The van der Waals surface area contributed by atoms with Gasteiger partial charge in [-0.3, -0.25) is 0 Å². The fourth-order valence-electron chi connectivity index (χ4n) is 1.91. The van der Waals surface area contributed by atoms with Crippen molar-refractivity contribution < 1.29 is 9.47 Å². The van der Waals surface area contributed by atoms with Crippen LogP contribution in [-0.2, 0) is 0 Å². The van der Waals surface area contributed by atoms with Crippen molar-refractivity contribution in [3.8, 4) is 28.7 Å². The van der Waals surface area contributed by atoms with Crippen LogP contribution in [0.3, 0.4) is 0 Å². The second kappa shape index (κ2) is 6.10. The molecule has 0 amide bonds. The van der Waals surface area contributed by atoms with Crippen LogP contribution in [0, 0.1) is 0 Å². The summed E-state index contributed by atoms with van der Waals surface area (Å²) in [6, 6.07) is 5.55. The minimum absolute atomic E-state index is 0.447. The summed E-state index contributed by atoms with van der Waals surface area (Å²) in [6.07, 6.45) is 5.06. The quantitative estimate of drug-likeness (QED) is 0.710. The van der Waals surface area contributed by atoms with Gasteiger partial charge in [-0.1, -0.05) is 5.21 Å². The van der Waals surface area contributed by atoms with Crippen molar-refractivity contribution in [3.05, 3.63) is 41.3 Å². The maximum Gasteiger partial charge on any atom is 0.251 e. The maximum absolute atomic E-state index is 5.29. The topological polar surface area (TPSA) is 75.0 Å². The third-order valence-corrected chi connectivity index (χ3v) is 3.39. The summed E-state index contributed by atoms with van der Waals surface area (Å²) in [6.45, 7) is 0. The number of rotatable bonds is 4. The number of halogens is 1. The molecule has 0 saturated heterocycles. The first-order chi connectivity index (χ1) is 10.7. The van der Waals surface area contributed by atoms with E-state index in [1.165, 1.54) is 4.68 Å². The van der Waals surface area contributed by atoms with Crippen molar-refractivity contribution in [1.82, 2.24) is 25.0 Å². The Labute approximate surface area is 135 Å². The minimum atomic E-state index is 0.447. The van der Waals surface area contributed by atoms with Gasteiger partial charge in [0.25, 0.3) is 5.95 Å². The monoisotopic (exact) mass is 361 g/mol. The normalized spacial score (nSPS) is 10.5. The first-order valence-electron chi connectivity index (χ1n) is 6.34. The Bertz CT molecular complexity index is 788. The highest BCUT2D eigenvalue weighted by Crippen LogP contribution is 2.31. The lowest BCUT2D eigenvalue weighted by molar-refractivity contribution is 0.355. The van der Waals surface area contributed by atoms with Gasteiger partial charge in [-0.2, -0.15) is 4.68 Å². The number of nitrogens with zero attached hydrogens (tertiary/aromatic N) is 5. The van der Waals surface area contributed by atoms with E-state index in [2.05, 4.69) is 36.2 Å². The second-order valence-corrected chi connectivity index (χ2v) is 5.24. The molecule has 0 radical (unpaired) electrons. The molecular formula is C14H12BrN5O2. The van der Waals surface area contributed by atoms with Crippen LogP contribution in [0.2, 0.25) is 0 Å². The van der Waals surface area contributed by atoms with Crippen LogP contribution >= 0.6 is 15.9 Å². The van der Waals surface area contributed by atoms with Gasteiger partial charge < -0.3 is 9.47 Å². The number of methoxy groups -OCH3 is 2. The number of benzene rings is 1. The Morgan fingerprint density at radius 3 is 2.45 bits per heavy atom. The van der Waals surface area contributed by atoms with E-state index < -0.39 is 0 Å². The Morgan fingerprint density at radius 2 is 1.77 bits per heavy atom. The van der Waals surface area contributed by atoms with Gasteiger partial charge in [-0.25, -0.2) is 9.97 Å². The van der Waals surface area contributed by atoms with Crippen LogP contribution in [0.4, 0.5) is 0 Å². The molecule has 0 aliphatic carbocycles. The van der Waals surface area contributed by atoms with Crippen LogP contribution in [0.1, 0.15) is 0 Å². The molecule has 0 fully saturated rings. The molecule has 0 aliphatic heterocycles. The van der Waals surface area contributed by atoms with E-state index in [4.69, 9.17) is 9.47 Å². The van der Waals surface area contributed by atoms with E-state index in [-0.39, 0.29) is 0 Å². The second-order valence-electron chi connectivity index (χ2n) is 4.32. The van der Waals surface area contributed by atoms with E-state index in [1.54, 1.807) is 32.8 Å². The van der Waals surface area contributed by atoms with Crippen molar-refractivity contribution in [2.24, 2.45) is 0 Å². The lowest BCUT2D eigenvalue weighted by Gasteiger charge is -2.07. The molecule has 0 unspecified atom stereocenters. The summed E-state index contributed by atoms with van der Waals surface area (Å²) in [5.41, 5.74) is 1.55. The predicted octanol–water partition coefficient (Wildman–Crippen LogP) is 2.50. The van der Waals surface area contributed by atoms with E-state index in [0.29, 0.717) is 23.1 Å². The average molecular weight is 362 g/mol. The van der Waals surface area contributed by atoms with Gasteiger partial charge in [0.1, 0.15) is 5.69 Å². The third-order valence-electron chi connectivity index (χ3n) is 2.98. The molecule has 1 aromatic carbocycles. The average Bonchev–Trinajstić information content (AvgIpc) is 3.05. The van der Waals surface area contributed by atoms with Crippen molar-refractivity contribution in [3.63, 3.8) is 0 Å². The van der Waals surface area contributed by atoms with Crippen LogP contribution < -0.4 is 9.47 Å². The molecule has 22 heavy (non-hydrogen) atoms. The molecule has 0 aliphatic rings. The molecule has 0 N–H and O–H groups in total. The van der Waals surface area contributed by atoms with Crippen molar-refractivity contribution in [2.45, 2.75) is 0 Å². The predicted molar refractivity (Wildman–Crippen MR) is 83.2 cm³/mol. The fraction of sp³-hybridized carbons (Fsp3) is 0.143. The molecule has 0 bridgehead atoms. The maximum atomic E-state index is 5.29. The molecule has 0 saturated carbocycles. The van der Waals surface area contributed by atoms with Crippen LogP contribution in [0.25, 0.3) is 17.2 Å². The van der Waals surface area contributed by atoms with Gasteiger partial charge in [0.15, 0.2) is 11.5 Å². The van der Waals surface area contributed by atoms with Crippen LogP contribution in [-0.4, -0.2) is 39.2 Å². The van der Waals surface area contributed by atoms with Crippen LogP contribution in [0.15, 0.2) is 41.3 Å². The smallest absolute Gasteiger partial charge is 0.251 e. The Hall–Kier alpha value is -2.48. The van der Waals surface area contributed by atoms with E-state index >= 15 is 0 Å². The van der Waals surface area contributed by atoms with Gasteiger partial charge in [0.2, 0.25) is 0 Å². The Kier molecular flexibility index (Phi) is 4.01. The molecule has 7 nitrogen and oxygen atoms in total. The fourth-order valence-corrected chi connectivity index (χ4v) is 2.12. The van der Waals surface area contributed by atoms with E-state index in [1.807, 2.05) is 18.2 Å². The molecule has 0 spiro atoms. The summed E-state index contributed by atoms with van der Waals surface area (Å²) in [5.74, 6) is 1.74. The molecule has 3 aromatic rings. The molecule has 112 valence electrons. The summed E-state index contributed by atoms with van der Waals surface area (Å²) in [5, 5.41) is 8.19. The highest BCUT2D eigenvalue weighted by Gasteiger charge is 2.10. The molecular weight excluding hydrogens is 350 g/mol. The highest BCUT2D eigenvalue weighted by atomic mass is 79.9. The van der Waals surface area contributed by atoms with Gasteiger partial charge in [-0.05, 0) is 34.1 Å². The zero-order valence-electron chi connectivity index (χ0n) is 11.9.